The summed E-state index contributed by atoms with van der Waals surface area (Å²) in [4.78, 5) is 27.1. The fourth-order valence-electron chi connectivity index (χ4n) is 4.45. The second-order valence-electron chi connectivity index (χ2n) is 10.2. The lowest BCUT2D eigenvalue weighted by Crippen LogP contribution is -2.48. The molecule has 3 atom stereocenters. The summed E-state index contributed by atoms with van der Waals surface area (Å²) in [5, 5.41) is 12.7. The molecule has 11 heteroatoms. The second-order valence-corrected chi connectivity index (χ2v) is 12.3. The monoisotopic (exact) mass is 547 g/mol. The van der Waals surface area contributed by atoms with Crippen LogP contribution in [0, 0.1) is 17.7 Å². The van der Waals surface area contributed by atoms with Gasteiger partial charge >= 0.3 is 0 Å². The van der Waals surface area contributed by atoms with Crippen molar-refractivity contribution in [1.29, 1.82) is 0 Å². The number of aliphatic hydroxyl groups is 1. The number of ether oxygens (including phenoxy) is 1. The zero-order valence-electron chi connectivity index (χ0n) is 21.8. The number of sulfonamides is 1. The van der Waals surface area contributed by atoms with Crippen LogP contribution in [-0.2, 0) is 26.0 Å². The van der Waals surface area contributed by atoms with Crippen molar-refractivity contribution in [3.05, 3.63) is 53.8 Å². The number of aliphatic hydroxyl groups excluding tert-OH is 1. The van der Waals surface area contributed by atoms with Gasteiger partial charge < -0.3 is 20.1 Å². The zero-order chi connectivity index (χ0) is 27.6. The van der Waals surface area contributed by atoms with Gasteiger partial charge in [-0.15, -0.1) is 0 Å². The summed E-state index contributed by atoms with van der Waals surface area (Å²) in [6, 6.07) is 9.26. The molecule has 0 aromatic heterocycles. The average molecular weight is 548 g/mol. The van der Waals surface area contributed by atoms with Crippen molar-refractivity contribution in [3.63, 3.8) is 0 Å². The van der Waals surface area contributed by atoms with E-state index < -0.39 is 28.0 Å². The van der Waals surface area contributed by atoms with E-state index in [2.05, 4.69) is 5.32 Å². The Labute approximate surface area is 222 Å². The molecule has 1 aliphatic heterocycles. The molecule has 38 heavy (non-hydrogen) atoms. The first-order valence-electron chi connectivity index (χ1n) is 12.7. The normalized spacial score (nSPS) is 21.1. The van der Waals surface area contributed by atoms with Crippen LogP contribution in [-0.4, -0.2) is 73.4 Å². The van der Waals surface area contributed by atoms with E-state index in [4.69, 9.17) is 4.74 Å². The first-order valence-corrected chi connectivity index (χ1v) is 14.2. The summed E-state index contributed by atoms with van der Waals surface area (Å²) in [5.41, 5.74) is 1.11. The molecule has 2 N–H and O–H groups in total. The molecule has 1 fully saturated rings. The number of fused-ring (bicyclic) bond motifs is 1. The SMILES string of the molecule is C[C@@H]1CN([C@@H](C)CO)C(=O)Cc2cc(NC(=O)C3CC3)ccc2O[C@@H]1CN(C)S(=O)(=O)c1ccc(F)cc1. The van der Waals surface area contributed by atoms with E-state index in [0.717, 1.165) is 29.3 Å². The number of halogens is 1. The van der Waals surface area contributed by atoms with Crippen molar-refractivity contribution in [3.8, 4) is 5.75 Å². The van der Waals surface area contributed by atoms with E-state index >= 15 is 0 Å². The highest BCUT2D eigenvalue weighted by Crippen LogP contribution is 2.33. The largest absolute Gasteiger partial charge is 0.488 e. The number of carbonyl (C=O) groups excluding carboxylic acids is 2. The van der Waals surface area contributed by atoms with E-state index in [-0.39, 0.29) is 54.7 Å². The molecular weight excluding hydrogens is 513 g/mol. The van der Waals surface area contributed by atoms with E-state index in [1.807, 2.05) is 6.92 Å². The predicted octanol–water partition coefficient (Wildman–Crippen LogP) is 2.64. The Hall–Kier alpha value is -3.02. The molecule has 0 spiro atoms. The van der Waals surface area contributed by atoms with Gasteiger partial charge in [-0.3, -0.25) is 9.59 Å². The van der Waals surface area contributed by atoms with Gasteiger partial charge in [-0.05, 0) is 62.2 Å². The molecule has 2 aromatic carbocycles. The molecule has 2 aliphatic rings. The maximum absolute atomic E-state index is 13.4. The Morgan fingerprint density at radius 1 is 1.24 bits per heavy atom. The average Bonchev–Trinajstić information content (AvgIpc) is 3.72. The second kappa shape index (κ2) is 11.4. The Morgan fingerprint density at radius 2 is 1.92 bits per heavy atom. The molecule has 206 valence electrons. The number of amides is 2. The molecule has 1 saturated carbocycles. The van der Waals surface area contributed by atoms with Crippen LogP contribution in [0.1, 0.15) is 32.3 Å². The maximum atomic E-state index is 13.4. The van der Waals surface area contributed by atoms with Gasteiger partial charge in [0, 0.05) is 36.7 Å². The molecule has 1 heterocycles. The molecule has 9 nitrogen and oxygen atoms in total. The zero-order valence-corrected chi connectivity index (χ0v) is 22.6. The van der Waals surface area contributed by atoms with Crippen LogP contribution >= 0.6 is 0 Å². The van der Waals surface area contributed by atoms with Crippen molar-refractivity contribution in [1.82, 2.24) is 9.21 Å². The molecule has 1 aliphatic carbocycles. The van der Waals surface area contributed by atoms with E-state index in [9.17, 15) is 27.5 Å². The number of likely N-dealkylation sites (N-methyl/N-ethyl adjacent to an activating group) is 1. The van der Waals surface area contributed by atoms with Crippen LogP contribution < -0.4 is 10.1 Å². The fraction of sp³-hybridized carbons (Fsp3) is 0.481. The topological polar surface area (TPSA) is 116 Å². The smallest absolute Gasteiger partial charge is 0.242 e. The third-order valence-corrected chi connectivity index (χ3v) is 8.93. The number of nitrogens with zero attached hydrogens (tertiary/aromatic N) is 2. The van der Waals surface area contributed by atoms with Gasteiger partial charge in [0.2, 0.25) is 21.8 Å². The summed E-state index contributed by atoms with van der Waals surface area (Å²) >= 11 is 0. The molecule has 2 amide bonds. The standard InChI is InChI=1S/C27H34FN3O6S/c1-17-14-31(18(2)16-32)26(33)13-20-12-22(29-27(34)19-4-5-19)8-11-24(20)37-25(17)15-30(3)38(35,36)23-9-6-21(28)7-10-23/h6-12,17-19,25,32H,4-5,13-16H2,1-3H3,(H,29,34)/t17-,18+,25-/m1/s1. The summed E-state index contributed by atoms with van der Waals surface area (Å²) < 4.78 is 47.2. The number of anilines is 1. The number of rotatable bonds is 8. The predicted molar refractivity (Wildman–Crippen MR) is 140 cm³/mol. The van der Waals surface area contributed by atoms with Crippen molar-refractivity contribution in [2.45, 2.75) is 50.2 Å². The molecular formula is C27H34FN3O6S. The minimum atomic E-state index is -3.94. The Morgan fingerprint density at radius 3 is 2.55 bits per heavy atom. The van der Waals surface area contributed by atoms with Crippen molar-refractivity contribution < 1.29 is 32.2 Å². The number of nitrogens with one attached hydrogen (secondary N) is 1. The van der Waals surface area contributed by atoms with Gasteiger partial charge in [-0.1, -0.05) is 6.92 Å². The molecule has 0 unspecified atom stereocenters. The molecule has 2 aromatic rings. The van der Waals surface area contributed by atoms with Gasteiger partial charge in [-0.2, -0.15) is 4.31 Å². The van der Waals surface area contributed by atoms with Gasteiger partial charge in [0.05, 0.1) is 30.5 Å². The first-order chi connectivity index (χ1) is 18.0. The molecule has 0 saturated heterocycles. The summed E-state index contributed by atoms with van der Waals surface area (Å²) in [7, 11) is -2.51. The van der Waals surface area contributed by atoms with Gasteiger partial charge in [0.15, 0.2) is 0 Å². The number of carbonyl (C=O) groups is 2. The quantitative estimate of drug-likeness (QED) is 0.525. The first kappa shape index (κ1) is 28.0. The lowest BCUT2D eigenvalue weighted by atomic mass is 10.0. The van der Waals surface area contributed by atoms with Crippen LogP contribution in [0.4, 0.5) is 10.1 Å². The van der Waals surface area contributed by atoms with Crippen molar-refractivity contribution in [2.75, 3.05) is 32.1 Å². The Kier molecular flexibility index (Phi) is 8.39. The molecule has 4 rings (SSSR count). The Balaban J connectivity index is 1.64. The van der Waals surface area contributed by atoms with Gasteiger partial charge in [0.1, 0.15) is 17.7 Å². The highest BCUT2D eigenvalue weighted by Gasteiger charge is 2.34. The van der Waals surface area contributed by atoms with Gasteiger partial charge in [-0.25, -0.2) is 12.8 Å². The van der Waals surface area contributed by atoms with Crippen LogP contribution in [0.15, 0.2) is 47.4 Å². The van der Waals surface area contributed by atoms with Crippen LogP contribution in [0.25, 0.3) is 0 Å². The minimum absolute atomic E-state index is 0.00400. The van der Waals surface area contributed by atoms with Crippen LogP contribution in [0.5, 0.6) is 5.75 Å². The lowest BCUT2D eigenvalue weighted by Gasteiger charge is -2.33. The summed E-state index contributed by atoms with van der Waals surface area (Å²) in [5.74, 6) is -0.670. The highest BCUT2D eigenvalue weighted by atomic mass is 32.2. The van der Waals surface area contributed by atoms with E-state index in [1.165, 1.54) is 19.2 Å². The van der Waals surface area contributed by atoms with Crippen LogP contribution in [0.2, 0.25) is 0 Å². The van der Waals surface area contributed by atoms with E-state index in [1.54, 1.807) is 30.0 Å². The number of benzene rings is 2. The maximum Gasteiger partial charge on any atom is 0.242 e. The van der Waals surface area contributed by atoms with Crippen molar-refractivity contribution >= 4 is 27.5 Å². The Bertz CT molecular complexity index is 1280. The fourth-order valence-corrected chi connectivity index (χ4v) is 5.64. The minimum Gasteiger partial charge on any atom is -0.488 e. The summed E-state index contributed by atoms with van der Waals surface area (Å²) in [6.45, 7) is 3.59. The number of hydrogen-bond donors (Lipinski definition) is 2. The highest BCUT2D eigenvalue weighted by molar-refractivity contribution is 7.89. The van der Waals surface area contributed by atoms with Crippen molar-refractivity contribution in [2.24, 2.45) is 11.8 Å². The third-order valence-electron chi connectivity index (χ3n) is 7.09. The summed E-state index contributed by atoms with van der Waals surface area (Å²) in [6.07, 6.45) is 1.07. The van der Waals surface area contributed by atoms with Gasteiger partial charge in [0.25, 0.3) is 0 Å². The third kappa shape index (κ3) is 6.33. The van der Waals surface area contributed by atoms with Crippen LogP contribution in [0.3, 0.4) is 0 Å². The number of hydrogen-bond acceptors (Lipinski definition) is 6. The molecule has 0 radical (unpaired) electrons. The molecule has 0 bridgehead atoms. The van der Waals surface area contributed by atoms with E-state index in [0.29, 0.717) is 17.0 Å². The lowest BCUT2D eigenvalue weighted by molar-refractivity contribution is -0.134.